The molecule has 3 aromatic rings. The number of hydrogen-bond donors (Lipinski definition) is 1. The molecular weight excluding hydrogens is 460 g/mol. The van der Waals surface area contributed by atoms with Gasteiger partial charge in [-0.25, -0.2) is 9.97 Å². The summed E-state index contributed by atoms with van der Waals surface area (Å²) in [4.78, 5) is 24.0. The zero-order valence-corrected chi connectivity index (χ0v) is 20.1. The number of thiazole rings is 1. The lowest BCUT2D eigenvalue weighted by Crippen LogP contribution is -2.36. The minimum atomic E-state index is -0.185. The number of ether oxygens (including phenoxy) is 2. The number of halogens is 1. The maximum Gasteiger partial charge on any atom is 0.320 e. The highest BCUT2D eigenvalue weighted by Crippen LogP contribution is 2.31. The standard InChI is InChI=1S/C24H27ClN4O3S/c1-2-32-23(30)15-29-9-10-31-16-18(14-29)11-17-7-8-26-22(12-17)28-24-27-13-21(33-24)19-3-5-20(25)6-4-19/h3-8,12-13,18H,2,9-11,14-16H2,1H3,(H,26,27,28). The zero-order chi connectivity index (χ0) is 23.0. The lowest BCUT2D eigenvalue weighted by atomic mass is 10.0. The van der Waals surface area contributed by atoms with Gasteiger partial charge in [0.1, 0.15) is 5.82 Å². The van der Waals surface area contributed by atoms with Crippen molar-refractivity contribution in [3.63, 3.8) is 0 Å². The van der Waals surface area contributed by atoms with Crippen molar-refractivity contribution in [2.45, 2.75) is 13.3 Å². The summed E-state index contributed by atoms with van der Waals surface area (Å²) >= 11 is 7.55. The largest absolute Gasteiger partial charge is 0.465 e. The normalized spacial score (nSPS) is 16.8. The average molecular weight is 487 g/mol. The molecule has 1 saturated heterocycles. The van der Waals surface area contributed by atoms with Gasteiger partial charge in [-0.2, -0.15) is 0 Å². The fourth-order valence-electron chi connectivity index (χ4n) is 3.80. The summed E-state index contributed by atoms with van der Waals surface area (Å²) < 4.78 is 10.9. The molecule has 1 aliphatic heterocycles. The molecule has 1 atom stereocenters. The fourth-order valence-corrected chi connectivity index (χ4v) is 4.76. The van der Waals surface area contributed by atoms with Crippen LogP contribution < -0.4 is 5.32 Å². The quantitative estimate of drug-likeness (QED) is 0.464. The fraction of sp³-hybridized carbons (Fsp3) is 0.375. The molecule has 1 aromatic carbocycles. The van der Waals surface area contributed by atoms with Gasteiger partial charge in [-0.1, -0.05) is 35.1 Å². The molecule has 1 aliphatic rings. The second-order valence-corrected chi connectivity index (χ2v) is 9.36. The van der Waals surface area contributed by atoms with Gasteiger partial charge in [0, 0.05) is 30.5 Å². The Balaban J connectivity index is 1.37. The average Bonchev–Trinajstić information content (AvgIpc) is 3.14. The van der Waals surface area contributed by atoms with Gasteiger partial charge < -0.3 is 14.8 Å². The van der Waals surface area contributed by atoms with Crippen molar-refractivity contribution >= 4 is 39.9 Å². The number of esters is 1. The summed E-state index contributed by atoms with van der Waals surface area (Å²) in [6.45, 7) is 5.35. The second-order valence-electron chi connectivity index (χ2n) is 7.90. The SMILES string of the molecule is CCOC(=O)CN1CCOCC(Cc2ccnc(Nc3ncc(-c4ccc(Cl)cc4)s3)c2)C1. The molecule has 1 fully saturated rings. The van der Waals surface area contributed by atoms with Crippen LogP contribution in [0.1, 0.15) is 12.5 Å². The van der Waals surface area contributed by atoms with Crippen molar-refractivity contribution in [2.24, 2.45) is 5.92 Å². The van der Waals surface area contributed by atoms with E-state index < -0.39 is 0 Å². The first-order chi connectivity index (χ1) is 16.1. The topological polar surface area (TPSA) is 76.6 Å². The van der Waals surface area contributed by atoms with Crippen LogP contribution in [0.2, 0.25) is 5.02 Å². The molecule has 0 saturated carbocycles. The molecule has 9 heteroatoms. The van der Waals surface area contributed by atoms with Gasteiger partial charge in [0.2, 0.25) is 0 Å². The first kappa shape index (κ1) is 23.6. The molecule has 174 valence electrons. The van der Waals surface area contributed by atoms with Crippen LogP contribution in [0.3, 0.4) is 0 Å². The highest BCUT2D eigenvalue weighted by Gasteiger charge is 2.21. The van der Waals surface area contributed by atoms with Crippen molar-refractivity contribution in [3.05, 3.63) is 59.4 Å². The van der Waals surface area contributed by atoms with Gasteiger partial charge in [0.25, 0.3) is 0 Å². The van der Waals surface area contributed by atoms with Crippen LogP contribution in [0.15, 0.2) is 48.8 Å². The van der Waals surface area contributed by atoms with Crippen molar-refractivity contribution in [2.75, 3.05) is 44.8 Å². The predicted molar refractivity (Wildman–Crippen MR) is 131 cm³/mol. The van der Waals surface area contributed by atoms with Crippen molar-refractivity contribution < 1.29 is 14.3 Å². The number of nitrogens with zero attached hydrogens (tertiary/aromatic N) is 3. The zero-order valence-electron chi connectivity index (χ0n) is 18.5. The number of anilines is 2. The third kappa shape index (κ3) is 6.98. The number of hydrogen-bond acceptors (Lipinski definition) is 8. The Hall–Kier alpha value is -2.52. The number of aromatic nitrogens is 2. The lowest BCUT2D eigenvalue weighted by molar-refractivity contribution is -0.144. The van der Waals surface area contributed by atoms with E-state index in [-0.39, 0.29) is 11.9 Å². The Bertz CT molecular complexity index is 1060. The summed E-state index contributed by atoms with van der Waals surface area (Å²) in [6, 6.07) is 11.8. The molecule has 0 radical (unpaired) electrons. The maximum atomic E-state index is 11.9. The maximum absolute atomic E-state index is 11.9. The molecular formula is C24H27ClN4O3S. The summed E-state index contributed by atoms with van der Waals surface area (Å²) in [5.41, 5.74) is 2.24. The van der Waals surface area contributed by atoms with E-state index in [0.717, 1.165) is 46.5 Å². The van der Waals surface area contributed by atoms with Crippen molar-refractivity contribution in [1.82, 2.24) is 14.9 Å². The van der Waals surface area contributed by atoms with E-state index in [4.69, 9.17) is 21.1 Å². The molecule has 2 aromatic heterocycles. The minimum absolute atomic E-state index is 0.185. The number of benzene rings is 1. The number of rotatable bonds is 8. The first-order valence-corrected chi connectivity index (χ1v) is 12.2. The van der Waals surface area contributed by atoms with Gasteiger partial charge in [-0.15, -0.1) is 0 Å². The smallest absolute Gasteiger partial charge is 0.320 e. The van der Waals surface area contributed by atoms with Crippen LogP contribution >= 0.6 is 22.9 Å². The molecule has 4 rings (SSSR count). The van der Waals surface area contributed by atoms with Crippen LogP contribution in [0.5, 0.6) is 0 Å². The summed E-state index contributed by atoms with van der Waals surface area (Å²) in [5, 5.41) is 4.81. The molecule has 0 aliphatic carbocycles. The third-order valence-electron chi connectivity index (χ3n) is 5.30. The highest BCUT2D eigenvalue weighted by atomic mass is 35.5. The van der Waals surface area contributed by atoms with Gasteiger partial charge >= 0.3 is 5.97 Å². The molecule has 0 amide bonds. The van der Waals surface area contributed by atoms with E-state index in [2.05, 4.69) is 20.2 Å². The molecule has 0 bridgehead atoms. The summed E-state index contributed by atoms with van der Waals surface area (Å²) in [6.07, 6.45) is 4.49. The van der Waals surface area contributed by atoms with E-state index in [0.29, 0.717) is 31.4 Å². The summed E-state index contributed by atoms with van der Waals surface area (Å²) in [7, 11) is 0. The molecule has 3 heterocycles. The molecule has 0 spiro atoms. The van der Waals surface area contributed by atoms with Crippen LogP contribution in [0.25, 0.3) is 10.4 Å². The van der Waals surface area contributed by atoms with Gasteiger partial charge in [0.05, 0.1) is 31.2 Å². The van der Waals surface area contributed by atoms with E-state index in [1.807, 2.05) is 49.5 Å². The van der Waals surface area contributed by atoms with Crippen LogP contribution in [0.4, 0.5) is 10.9 Å². The van der Waals surface area contributed by atoms with Gasteiger partial charge in [-0.05, 0) is 54.7 Å². The Morgan fingerprint density at radius 2 is 2.15 bits per heavy atom. The number of carbonyl (C=O) groups is 1. The predicted octanol–water partition coefficient (Wildman–Crippen LogP) is 4.66. The van der Waals surface area contributed by atoms with Crippen LogP contribution in [-0.4, -0.2) is 60.3 Å². The van der Waals surface area contributed by atoms with Gasteiger partial charge in [-0.3, -0.25) is 9.69 Å². The third-order valence-corrected chi connectivity index (χ3v) is 6.51. The Morgan fingerprint density at radius 1 is 1.30 bits per heavy atom. The Kier molecular flexibility index (Phi) is 8.28. The van der Waals surface area contributed by atoms with Crippen molar-refractivity contribution in [3.8, 4) is 10.4 Å². The summed E-state index contributed by atoms with van der Waals surface area (Å²) in [5.74, 6) is 0.853. The van der Waals surface area contributed by atoms with Gasteiger partial charge in [0.15, 0.2) is 5.13 Å². The Morgan fingerprint density at radius 3 is 2.97 bits per heavy atom. The number of nitrogens with one attached hydrogen (secondary N) is 1. The molecule has 7 nitrogen and oxygen atoms in total. The van der Waals surface area contributed by atoms with Crippen LogP contribution in [-0.2, 0) is 20.7 Å². The van der Waals surface area contributed by atoms with E-state index in [1.165, 1.54) is 0 Å². The van der Waals surface area contributed by atoms with E-state index in [1.54, 1.807) is 17.5 Å². The molecule has 1 N–H and O–H groups in total. The van der Waals surface area contributed by atoms with Crippen LogP contribution in [0, 0.1) is 5.92 Å². The highest BCUT2D eigenvalue weighted by molar-refractivity contribution is 7.18. The number of pyridine rings is 1. The monoisotopic (exact) mass is 486 g/mol. The first-order valence-electron chi connectivity index (χ1n) is 11.0. The lowest BCUT2D eigenvalue weighted by Gasteiger charge is -2.22. The Labute approximate surface area is 202 Å². The molecule has 33 heavy (non-hydrogen) atoms. The number of carbonyl (C=O) groups excluding carboxylic acids is 1. The minimum Gasteiger partial charge on any atom is -0.465 e. The van der Waals surface area contributed by atoms with Crippen molar-refractivity contribution in [1.29, 1.82) is 0 Å². The molecule has 1 unspecified atom stereocenters. The second kappa shape index (κ2) is 11.6. The van der Waals surface area contributed by atoms with E-state index >= 15 is 0 Å². The van der Waals surface area contributed by atoms with E-state index in [9.17, 15) is 4.79 Å².